The van der Waals surface area contributed by atoms with E-state index in [9.17, 15) is 0 Å². The summed E-state index contributed by atoms with van der Waals surface area (Å²) < 4.78 is 1.29. The first-order valence-corrected chi connectivity index (χ1v) is 6.47. The average molecular weight is 256 g/mol. The van der Waals surface area contributed by atoms with E-state index < -0.39 is 0 Å². The third kappa shape index (κ3) is 2.12. The lowest BCUT2D eigenvalue weighted by atomic mass is 10.2. The summed E-state index contributed by atoms with van der Waals surface area (Å²) in [6.07, 6.45) is 1.54. The Morgan fingerprint density at radius 2 is 1.94 bits per heavy atom. The SMILES string of the molecule is CNc1cc(Nc2ccc3sccc3c2)ncn1. The molecule has 0 unspecified atom stereocenters. The number of thiophene rings is 1. The van der Waals surface area contributed by atoms with Crippen LogP contribution in [0.1, 0.15) is 0 Å². The van der Waals surface area contributed by atoms with Gasteiger partial charge in [0.2, 0.25) is 0 Å². The van der Waals surface area contributed by atoms with Crippen molar-refractivity contribution in [3.05, 3.63) is 42.0 Å². The molecule has 3 rings (SSSR count). The van der Waals surface area contributed by atoms with Gasteiger partial charge < -0.3 is 10.6 Å². The van der Waals surface area contributed by atoms with Crippen molar-refractivity contribution in [3.8, 4) is 0 Å². The van der Waals surface area contributed by atoms with Crippen LogP contribution in [0.5, 0.6) is 0 Å². The van der Waals surface area contributed by atoms with Gasteiger partial charge in [-0.05, 0) is 35.0 Å². The van der Waals surface area contributed by atoms with E-state index in [1.165, 1.54) is 16.4 Å². The van der Waals surface area contributed by atoms with Crippen LogP contribution >= 0.6 is 11.3 Å². The van der Waals surface area contributed by atoms with Gasteiger partial charge in [-0.2, -0.15) is 0 Å². The Kier molecular flexibility index (Phi) is 2.82. The Bertz CT molecular complexity index is 677. The van der Waals surface area contributed by atoms with E-state index in [-0.39, 0.29) is 0 Å². The lowest BCUT2D eigenvalue weighted by molar-refractivity contribution is 1.16. The van der Waals surface area contributed by atoms with Gasteiger partial charge in [0.15, 0.2) is 0 Å². The van der Waals surface area contributed by atoms with E-state index in [1.54, 1.807) is 11.3 Å². The van der Waals surface area contributed by atoms with Crippen LogP contribution in [-0.2, 0) is 0 Å². The maximum atomic E-state index is 4.19. The highest BCUT2D eigenvalue weighted by atomic mass is 32.1. The molecule has 3 aromatic rings. The van der Waals surface area contributed by atoms with Crippen molar-refractivity contribution in [3.63, 3.8) is 0 Å². The molecule has 18 heavy (non-hydrogen) atoms. The molecule has 0 aliphatic rings. The first kappa shape index (κ1) is 11.0. The minimum atomic E-state index is 0.781. The number of hydrogen-bond donors (Lipinski definition) is 2. The predicted octanol–water partition coefficient (Wildman–Crippen LogP) is 3.48. The van der Waals surface area contributed by atoms with Crippen molar-refractivity contribution in [2.24, 2.45) is 0 Å². The van der Waals surface area contributed by atoms with Gasteiger partial charge in [-0.15, -0.1) is 11.3 Å². The molecule has 0 fully saturated rings. The maximum absolute atomic E-state index is 4.19. The standard InChI is InChI=1S/C13H12N4S/c1-14-12-7-13(16-8-15-12)17-10-2-3-11-9(6-10)4-5-18-11/h2-8H,1H3,(H2,14,15,16,17). The van der Waals surface area contributed by atoms with Crippen LogP contribution in [0.25, 0.3) is 10.1 Å². The third-order valence-corrected chi connectivity index (χ3v) is 3.55. The molecule has 5 heteroatoms. The Morgan fingerprint density at radius 1 is 1.06 bits per heavy atom. The Morgan fingerprint density at radius 3 is 2.83 bits per heavy atom. The summed E-state index contributed by atoms with van der Waals surface area (Å²) in [6.45, 7) is 0. The summed E-state index contributed by atoms with van der Waals surface area (Å²) in [5, 5.41) is 9.60. The van der Waals surface area contributed by atoms with Gasteiger partial charge in [-0.25, -0.2) is 9.97 Å². The highest BCUT2D eigenvalue weighted by Crippen LogP contribution is 2.25. The molecule has 90 valence electrons. The number of nitrogens with one attached hydrogen (secondary N) is 2. The number of anilines is 3. The van der Waals surface area contributed by atoms with Crippen LogP contribution < -0.4 is 10.6 Å². The average Bonchev–Trinajstić information content (AvgIpc) is 2.86. The lowest BCUT2D eigenvalue weighted by Crippen LogP contribution is -1.97. The zero-order valence-electron chi connectivity index (χ0n) is 9.84. The number of benzene rings is 1. The minimum Gasteiger partial charge on any atom is -0.373 e. The first-order valence-electron chi connectivity index (χ1n) is 5.59. The zero-order valence-corrected chi connectivity index (χ0v) is 10.7. The van der Waals surface area contributed by atoms with Gasteiger partial charge >= 0.3 is 0 Å². The molecule has 0 saturated carbocycles. The van der Waals surface area contributed by atoms with E-state index in [0.29, 0.717) is 0 Å². The highest BCUT2D eigenvalue weighted by molar-refractivity contribution is 7.17. The molecule has 2 N–H and O–H groups in total. The quantitative estimate of drug-likeness (QED) is 0.753. The summed E-state index contributed by atoms with van der Waals surface area (Å²) in [4.78, 5) is 8.27. The minimum absolute atomic E-state index is 0.781. The Labute approximate surface area is 109 Å². The molecule has 0 aliphatic carbocycles. The van der Waals surface area contributed by atoms with Crippen LogP contribution in [0.2, 0.25) is 0 Å². The Balaban J connectivity index is 1.90. The zero-order chi connectivity index (χ0) is 12.4. The predicted molar refractivity (Wildman–Crippen MR) is 76.7 cm³/mol. The van der Waals surface area contributed by atoms with Crippen LogP contribution in [0.4, 0.5) is 17.3 Å². The highest BCUT2D eigenvalue weighted by Gasteiger charge is 2.00. The van der Waals surface area contributed by atoms with Gasteiger partial charge in [-0.3, -0.25) is 0 Å². The fraction of sp³-hybridized carbons (Fsp3) is 0.0769. The molecule has 4 nitrogen and oxygen atoms in total. The summed E-state index contributed by atoms with van der Waals surface area (Å²) in [5.74, 6) is 1.58. The molecule has 2 heterocycles. The topological polar surface area (TPSA) is 49.8 Å². The van der Waals surface area contributed by atoms with E-state index in [0.717, 1.165) is 17.3 Å². The number of nitrogens with zero attached hydrogens (tertiary/aromatic N) is 2. The van der Waals surface area contributed by atoms with Crippen molar-refractivity contribution < 1.29 is 0 Å². The fourth-order valence-corrected chi connectivity index (χ4v) is 2.53. The normalized spacial score (nSPS) is 10.5. The van der Waals surface area contributed by atoms with E-state index in [2.05, 4.69) is 50.2 Å². The second kappa shape index (κ2) is 4.62. The monoisotopic (exact) mass is 256 g/mol. The van der Waals surface area contributed by atoms with Crippen LogP contribution in [0, 0.1) is 0 Å². The molecule has 0 amide bonds. The van der Waals surface area contributed by atoms with Crippen molar-refractivity contribution in [1.29, 1.82) is 0 Å². The number of hydrogen-bond acceptors (Lipinski definition) is 5. The van der Waals surface area contributed by atoms with Gasteiger partial charge in [0.05, 0.1) is 0 Å². The third-order valence-electron chi connectivity index (χ3n) is 2.65. The lowest BCUT2D eigenvalue weighted by Gasteiger charge is -2.06. The second-order valence-corrected chi connectivity index (χ2v) is 4.78. The number of fused-ring (bicyclic) bond motifs is 1. The van der Waals surface area contributed by atoms with Crippen LogP contribution in [0.3, 0.4) is 0 Å². The molecule has 0 saturated heterocycles. The molecule has 0 atom stereocenters. The molecule has 1 aromatic carbocycles. The first-order chi connectivity index (χ1) is 8.85. The molecule has 2 aromatic heterocycles. The summed E-state index contributed by atoms with van der Waals surface area (Å²) in [7, 11) is 1.84. The van der Waals surface area contributed by atoms with E-state index >= 15 is 0 Å². The summed E-state index contributed by atoms with van der Waals surface area (Å²) >= 11 is 1.74. The smallest absolute Gasteiger partial charge is 0.135 e. The van der Waals surface area contributed by atoms with Gasteiger partial charge in [0.25, 0.3) is 0 Å². The van der Waals surface area contributed by atoms with Crippen molar-refractivity contribution in [2.75, 3.05) is 17.7 Å². The van der Waals surface area contributed by atoms with Gasteiger partial charge in [-0.1, -0.05) is 0 Å². The van der Waals surface area contributed by atoms with Gasteiger partial charge in [0, 0.05) is 23.5 Å². The molecule has 0 bridgehead atoms. The van der Waals surface area contributed by atoms with E-state index in [1.807, 2.05) is 13.1 Å². The van der Waals surface area contributed by atoms with E-state index in [4.69, 9.17) is 0 Å². The fourth-order valence-electron chi connectivity index (χ4n) is 1.75. The van der Waals surface area contributed by atoms with Crippen LogP contribution in [0.15, 0.2) is 42.0 Å². The largest absolute Gasteiger partial charge is 0.373 e. The van der Waals surface area contributed by atoms with Gasteiger partial charge in [0.1, 0.15) is 18.0 Å². The van der Waals surface area contributed by atoms with Crippen molar-refractivity contribution in [2.45, 2.75) is 0 Å². The Hall–Kier alpha value is -2.14. The number of aromatic nitrogens is 2. The molecule has 0 radical (unpaired) electrons. The molecule has 0 spiro atoms. The molecular formula is C13H12N4S. The van der Waals surface area contributed by atoms with Crippen molar-refractivity contribution in [1.82, 2.24) is 9.97 Å². The van der Waals surface area contributed by atoms with Crippen molar-refractivity contribution >= 4 is 38.7 Å². The summed E-state index contributed by atoms with van der Waals surface area (Å²) in [6, 6.07) is 10.3. The molecular weight excluding hydrogens is 244 g/mol. The van der Waals surface area contributed by atoms with Crippen LogP contribution in [-0.4, -0.2) is 17.0 Å². The molecule has 0 aliphatic heterocycles. The number of rotatable bonds is 3. The second-order valence-electron chi connectivity index (χ2n) is 3.84. The summed E-state index contributed by atoms with van der Waals surface area (Å²) in [5.41, 5.74) is 1.03. The maximum Gasteiger partial charge on any atom is 0.135 e.